The lowest BCUT2D eigenvalue weighted by molar-refractivity contribution is 0.0951. The van der Waals surface area contributed by atoms with Crippen molar-refractivity contribution in [2.75, 3.05) is 20.2 Å². The number of methoxy groups -OCH3 is 1. The molecule has 182 valence electrons. The largest absolute Gasteiger partial charge is 0.493 e. The van der Waals surface area contributed by atoms with Gasteiger partial charge < -0.3 is 14.6 Å². The monoisotopic (exact) mass is 463 g/mol. The molecule has 1 atom stereocenters. The highest BCUT2D eigenvalue weighted by Crippen LogP contribution is 2.36. The molecule has 0 amide bonds. The zero-order valence-electron chi connectivity index (χ0n) is 20.8. The fraction of sp³-hybridized carbons (Fsp3) is 0.393. The molecule has 0 fully saturated rings. The number of allylic oxidation sites excluding steroid dienone is 1. The van der Waals surface area contributed by atoms with Crippen LogP contribution in [0.4, 0.5) is 0 Å². The molecule has 0 spiro atoms. The van der Waals surface area contributed by atoms with Crippen LogP contribution in [0.15, 0.2) is 67.3 Å². The standard InChI is InChI=1S/C28H37N3O3/c1-6-7-15-24(32)19-30(18-21(2)3)20-25-22(4)29-31(23-13-9-8-10-14-23)28(25)34-27-17-12-11-16-26(27)33-5/h6,8-14,16-17,21,24,32H,1,7,15,18-20H2,2-5H3/t24-/m0/s1. The van der Waals surface area contributed by atoms with Crippen LogP contribution < -0.4 is 9.47 Å². The van der Waals surface area contributed by atoms with Gasteiger partial charge in [0, 0.05) is 19.6 Å². The summed E-state index contributed by atoms with van der Waals surface area (Å²) in [7, 11) is 1.64. The van der Waals surface area contributed by atoms with Crippen LogP contribution in [0.5, 0.6) is 17.4 Å². The van der Waals surface area contributed by atoms with Gasteiger partial charge in [0.05, 0.1) is 30.2 Å². The van der Waals surface area contributed by atoms with E-state index >= 15 is 0 Å². The fourth-order valence-corrected chi connectivity index (χ4v) is 4.02. The molecular weight excluding hydrogens is 426 g/mol. The predicted octanol–water partition coefficient (Wildman–Crippen LogP) is 5.77. The third kappa shape index (κ3) is 6.72. The molecule has 1 N–H and O–H groups in total. The number of aryl methyl sites for hydroxylation is 1. The molecule has 6 nitrogen and oxygen atoms in total. The van der Waals surface area contributed by atoms with Crippen LogP contribution in [0.1, 0.15) is 37.9 Å². The lowest BCUT2D eigenvalue weighted by atomic mass is 10.1. The van der Waals surface area contributed by atoms with Gasteiger partial charge in [-0.05, 0) is 49.9 Å². The summed E-state index contributed by atoms with van der Waals surface area (Å²) >= 11 is 0. The second-order valence-electron chi connectivity index (χ2n) is 8.98. The molecule has 0 bridgehead atoms. The van der Waals surface area contributed by atoms with Crippen molar-refractivity contribution in [3.8, 4) is 23.1 Å². The Balaban J connectivity index is 2.00. The summed E-state index contributed by atoms with van der Waals surface area (Å²) in [6.45, 7) is 12.2. The number of benzene rings is 2. The van der Waals surface area contributed by atoms with E-state index < -0.39 is 6.10 Å². The van der Waals surface area contributed by atoms with E-state index in [1.165, 1.54) is 0 Å². The zero-order valence-corrected chi connectivity index (χ0v) is 20.8. The van der Waals surface area contributed by atoms with E-state index in [2.05, 4.69) is 25.3 Å². The van der Waals surface area contributed by atoms with Gasteiger partial charge in [-0.3, -0.25) is 4.90 Å². The van der Waals surface area contributed by atoms with Gasteiger partial charge in [-0.15, -0.1) is 6.58 Å². The van der Waals surface area contributed by atoms with E-state index in [4.69, 9.17) is 14.6 Å². The Hall–Kier alpha value is -3.09. The SMILES string of the molecule is C=CCC[C@H](O)CN(Cc1c(C)nn(-c2ccccc2)c1Oc1ccccc1OC)CC(C)C. The number of hydrogen-bond donors (Lipinski definition) is 1. The first-order chi connectivity index (χ1) is 16.4. The van der Waals surface area contributed by atoms with Crippen LogP contribution in [0.2, 0.25) is 0 Å². The highest BCUT2D eigenvalue weighted by Gasteiger charge is 2.23. The molecule has 2 aromatic carbocycles. The van der Waals surface area contributed by atoms with Crippen molar-refractivity contribution in [3.05, 3.63) is 78.5 Å². The molecule has 0 unspecified atom stereocenters. The fourth-order valence-electron chi connectivity index (χ4n) is 4.02. The van der Waals surface area contributed by atoms with Crippen LogP contribution >= 0.6 is 0 Å². The van der Waals surface area contributed by atoms with E-state index in [1.54, 1.807) is 7.11 Å². The molecule has 1 aromatic heterocycles. The van der Waals surface area contributed by atoms with Gasteiger partial charge in [0.1, 0.15) is 0 Å². The Morgan fingerprint density at radius 3 is 2.38 bits per heavy atom. The summed E-state index contributed by atoms with van der Waals surface area (Å²) in [6.07, 6.45) is 2.93. The summed E-state index contributed by atoms with van der Waals surface area (Å²) in [5.74, 6) is 2.40. The number of rotatable bonds is 13. The number of nitrogens with zero attached hydrogens (tertiary/aromatic N) is 3. The smallest absolute Gasteiger partial charge is 0.227 e. The number of aliphatic hydroxyl groups excluding tert-OH is 1. The number of hydrogen-bond acceptors (Lipinski definition) is 5. The van der Waals surface area contributed by atoms with E-state index in [0.29, 0.717) is 42.8 Å². The Bertz CT molecular complexity index is 1050. The average Bonchev–Trinajstić information content (AvgIpc) is 3.13. The molecule has 0 aliphatic rings. The molecule has 6 heteroatoms. The number of aliphatic hydroxyl groups is 1. The first-order valence-corrected chi connectivity index (χ1v) is 11.9. The lowest BCUT2D eigenvalue weighted by Crippen LogP contribution is -2.35. The Kier molecular flexibility index (Phi) is 9.31. The summed E-state index contributed by atoms with van der Waals surface area (Å²) in [5.41, 5.74) is 2.80. The van der Waals surface area contributed by atoms with Gasteiger partial charge in [-0.1, -0.05) is 50.3 Å². The molecule has 34 heavy (non-hydrogen) atoms. The van der Waals surface area contributed by atoms with Gasteiger partial charge in [0.25, 0.3) is 0 Å². The van der Waals surface area contributed by atoms with Crippen LogP contribution in [-0.2, 0) is 6.54 Å². The Morgan fingerprint density at radius 2 is 1.74 bits per heavy atom. The number of para-hydroxylation sites is 3. The summed E-state index contributed by atoms with van der Waals surface area (Å²) < 4.78 is 13.9. The van der Waals surface area contributed by atoms with E-state index in [-0.39, 0.29) is 0 Å². The van der Waals surface area contributed by atoms with Crippen molar-refractivity contribution in [2.45, 2.75) is 46.3 Å². The van der Waals surface area contributed by atoms with Crippen molar-refractivity contribution in [2.24, 2.45) is 5.92 Å². The topological polar surface area (TPSA) is 59.8 Å². The Morgan fingerprint density at radius 1 is 1.06 bits per heavy atom. The predicted molar refractivity (Wildman–Crippen MR) is 137 cm³/mol. The van der Waals surface area contributed by atoms with Crippen molar-refractivity contribution in [3.63, 3.8) is 0 Å². The summed E-state index contributed by atoms with van der Waals surface area (Å²) in [4.78, 5) is 2.28. The minimum atomic E-state index is -0.417. The minimum Gasteiger partial charge on any atom is -0.493 e. The lowest BCUT2D eigenvalue weighted by Gasteiger charge is -2.27. The molecule has 0 aliphatic carbocycles. The highest BCUT2D eigenvalue weighted by atomic mass is 16.5. The van der Waals surface area contributed by atoms with Crippen molar-refractivity contribution >= 4 is 0 Å². The number of ether oxygens (including phenoxy) is 2. The maximum Gasteiger partial charge on any atom is 0.227 e. The first kappa shape index (κ1) is 25.5. The second kappa shape index (κ2) is 12.4. The molecule has 0 radical (unpaired) electrons. The van der Waals surface area contributed by atoms with Gasteiger partial charge in [-0.25, -0.2) is 4.68 Å². The number of aromatic nitrogens is 2. The van der Waals surface area contributed by atoms with Crippen molar-refractivity contribution in [1.82, 2.24) is 14.7 Å². The van der Waals surface area contributed by atoms with Gasteiger partial charge >= 0.3 is 0 Å². The maximum absolute atomic E-state index is 10.6. The molecule has 3 rings (SSSR count). The van der Waals surface area contributed by atoms with Gasteiger partial charge in [-0.2, -0.15) is 5.10 Å². The summed E-state index contributed by atoms with van der Waals surface area (Å²) in [6, 6.07) is 17.6. The Labute approximate surface area is 203 Å². The van der Waals surface area contributed by atoms with Gasteiger partial charge in [0.15, 0.2) is 11.5 Å². The zero-order chi connectivity index (χ0) is 24.5. The first-order valence-electron chi connectivity index (χ1n) is 11.9. The molecule has 0 saturated carbocycles. The molecular formula is C28H37N3O3. The van der Waals surface area contributed by atoms with Crippen molar-refractivity contribution < 1.29 is 14.6 Å². The normalized spacial score (nSPS) is 12.2. The molecule has 3 aromatic rings. The molecule has 0 saturated heterocycles. The third-order valence-electron chi connectivity index (χ3n) is 5.59. The van der Waals surface area contributed by atoms with Crippen LogP contribution in [-0.4, -0.2) is 46.1 Å². The molecule has 1 heterocycles. The quantitative estimate of drug-likeness (QED) is 0.326. The maximum atomic E-state index is 10.6. The van der Waals surface area contributed by atoms with Crippen LogP contribution in [0.25, 0.3) is 5.69 Å². The van der Waals surface area contributed by atoms with E-state index in [0.717, 1.165) is 29.9 Å². The highest BCUT2D eigenvalue weighted by molar-refractivity contribution is 5.47. The van der Waals surface area contributed by atoms with Gasteiger partial charge in [0.2, 0.25) is 5.88 Å². The summed E-state index contributed by atoms with van der Waals surface area (Å²) in [5, 5.41) is 15.5. The minimum absolute atomic E-state index is 0.417. The third-order valence-corrected chi connectivity index (χ3v) is 5.59. The molecule has 0 aliphatic heterocycles. The van der Waals surface area contributed by atoms with E-state index in [9.17, 15) is 5.11 Å². The van der Waals surface area contributed by atoms with Crippen molar-refractivity contribution in [1.29, 1.82) is 0 Å². The second-order valence-corrected chi connectivity index (χ2v) is 8.98. The van der Waals surface area contributed by atoms with Crippen LogP contribution in [0, 0.1) is 12.8 Å². The average molecular weight is 464 g/mol. The van der Waals surface area contributed by atoms with E-state index in [1.807, 2.05) is 72.3 Å². The van der Waals surface area contributed by atoms with Crippen LogP contribution in [0.3, 0.4) is 0 Å².